The van der Waals surface area contributed by atoms with Crippen molar-refractivity contribution in [3.63, 3.8) is 0 Å². The van der Waals surface area contributed by atoms with Crippen LogP contribution < -0.4 is 16.2 Å². The maximum atomic E-state index is 13.2. The maximum Gasteiger partial charge on any atom is 0.128 e. The monoisotopic (exact) mass is 443 g/mol. The number of nitrogens with two attached hydrogens (primary N) is 2. The number of halogens is 1. The highest BCUT2D eigenvalue weighted by Crippen LogP contribution is 2.25. The summed E-state index contributed by atoms with van der Waals surface area (Å²) < 4.78 is 16.5. The van der Waals surface area contributed by atoms with Crippen LogP contribution in [-0.4, -0.2) is 9.97 Å². The summed E-state index contributed by atoms with van der Waals surface area (Å²) in [7, 11) is 0. The fraction of sp³-hybridized carbons (Fsp3) is 0.0400. The number of aromatic nitrogens is 2. The van der Waals surface area contributed by atoms with Crippen LogP contribution in [0, 0.1) is 5.82 Å². The molecule has 2 heterocycles. The molecule has 0 saturated carbocycles. The van der Waals surface area contributed by atoms with Gasteiger partial charge in [0.05, 0.1) is 6.04 Å². The SMILES string of the molecule is Nc1ncc(C=Cc2ccc(NSc3cccnc3)cc2)cc1C(N)c1ccc(F)cc1. The smallest absolute Gasteiger partial charge is 0.128 e. The van der Waals surface area contributed by atoms with Crippen molar-refractivity contribution in [2.45, 2.75) is 10.9 Å². The fourth-order valence-corrected chi connectivity index (χ4v) is 3.71. The van der Waals surface area contributed by atoms with E-state index in [0.29, 0.717) is 11.4 Å². The Morgan fingerprint density at radius 1 is 0.938 bits per heavy atom. The summed E-state index contributed by atoms with van der Waals surface area (Å²) >= 11 is 1.51. The number of nitrogens with one attached hydrogen (secondary N) is 1. The summed E-state index contributed by atoms with van der Waals surface area (Å²) in [4.78, 5) is 9.42. The van der Waals surface area contributed by atoms with E-state index in [1.165, 1.54) is 24.1 Å². The quantitative estimate of drug-likeness (QED) is 0.325. The average Bonchev–Trinajstić information content (AvgIpc) is 2.83. The first-order valence-corrected chi connectivity index (χ1v) is 10.8. The molecular weight excluding hydrogens is 421 g/mol. The Bertz CT molecular complexity index is 1200. The Morgan fingerprint density at radius 2 is 1.69 bits per heavy atom. The molecule has 1 atom stereocenters. The topological polar surface area (TPSA) is 89.8 Å². The molecule has 0 aliphatic carbocycles. The van der Waals surface area contributed by atoms with Gasteiger partial charge in [-0.3, -0.25) is 4.98 Å². The lowest BCUT2D eigenvalue weighted by Gasteiger charge is -2.15. The van der Waals surface area contributed by atoms with Crippen LogP contribution in [0.15, 0.2) is 90.2 Å². The van der Waals surface area contributed by atoms with E-state index in [1.807, 2.05) is 60.8 Å². The van der Waals surface area contributed by atoms with Crippen LogP contribution in [0.4, 0.5) is 15.9 Å². The second kappa shape index (κ2) is 10.1. The molecule has 1 unspecified atom stereocenters. The number of rotatable bonds is 7. The molecule has 4 rings (SSSR count). The van der Waals surface area contributed by atoms with E-state index in [-0.39, 0.29) is 5.82 Å². The van der Waals surface area contributed by atoms with Gasteiger partial charge in [-0.15, -0.1) is 0 Å². The van der Waals surface area contributed by atoms with Gasteiger partial charge in [-0.2, -0.15) is 0 Å². The normalized spacial score (nSPS) is 12.1. The van der Waals surface area contributed by atoms with Crippen molar-refractivity contribution in [1.82, 2.24) is 9.97 Å². The van der Waals surface area contributed by atoms with Crippen molar-refractivity contribution >= 4 is 35.6 Å². The van der Waals surface area contributed by atoms with Gasteiger partial charge in [0.15, 0.2) is 0 Å². The molecule has 0 saturated heterocycles. The van der Waals surface area contributed by atoms with E-state index in [0.717, 1.165) is 27.3 Å². The minimum atomic E-state index is -0.487. The third-order valence-corrected chi connectivity index (χ3v) is 5.65. The number of hydrogen-bond acceptors (Lipinski definition) is 6. The van der Waals surface area contributed by atoms with Gasteiger partial charge in [0, 0.05) is 34.7 Å². The highest BCUT2D eigenvalue weighted by atomic mass is 32.2. The van der Waals surface area contributed by atoms with Crippen molar-refractivity contribution < 1.29 is 4.39 Å². The Hall–Kier alpha value is -3.68. The van der Waals surface area contributed by atoms with Crippen LogP contribution in [0.2, 0.25) is 0 Å². The molecule has 160 valence electrons. The number of benzene rings is 2. The summed E-state index contributed by atoms with van der Waals surface area (Å²) in [5.41, 5.74) is 16.8. The fourth-order valence-electron chi connectivity index (χ4n) is 3.08. The van der Waals surface area contributed by atoms with Crippen LogP contribution in [0.5, 0.6) is 0 Å². The third kappa shape index (κ3) is 5.51. The van der Waals surface area contributed by atoms with Gasteiger partial charge in [-0.05, 0) is 71.1 Å². The summed E-state index contributed by atoms with van der Waals surface area (Å²) in [5.74, 6) is 0.0566. The first-order chi connectivity index (χ1) is 15.6. The first-order valence-electron chi connectivity index (χ1n) is 9.96. The van der Waals surface area contributed by atoms with E-state index in [4.69, 9.17) is 11.5 Å². The van der Waals surface area contributed by atoms with Gasteiger partial charge in [-0.25, -0.2) is 9.37 Å². The molecule has 4 aromatic rings. The standard InChI is InChI=1S/C25H22FN5S/c26-20-9-7-19(8-10-20)24(27)23-14-18(15-30-25(23)28)4-3-17-5-11-21(12-6-17)31-32-22-2-1-13-29-16-22/h1-16,24,31H,27H2,(H2,28,30). The highest BCUT2D eigenvalue weighted by molar-refractivity contribution is 8.00. The lowest BCUT2D eigenvalue weighted by atomic mass is 9.98. The Kier molecular flexibility index (Phi) is 6.79. The van der Waals surface area contributed by atoms with Crippen LogP contribution >= 0.6 is 11.9 Å². The average molecular weight is 444 g/mol. The van der Waals surface area contributed by atoms with Crippen LogP contribution in [0.3, 0.4) is 0 Å². The zero-order valence-corrected chi connectivity index (χ0v) is 18.0. The van der Waals surface area contributed by atoms with Gasteiger partial charge in [0.25, 0.3) is 0 Å². The molecule has 0 bridgehead atoms. The van der Waals surface area contributed by atoms with Gasteiger partial charge in [0.2, 0.25) is 0 Å². The summed E-state index contributed by atoms with van der Waals surface area (Å²) in [5, 5.41) is 0. The Labute approximate surface area is 190 Å². The summed E-state index contributed by atoms with van der Waals surface area (Å²) in [6.07, 6.45) is 9.22. The van der Waals surface area contributed by atoms with E-state index < -0.39 is 6.04 Å². The zero-order chi connectivity index (χ0) is 22.3. The second-order valence-electron chi connectivity index (χ2n) is 7.12. The minimum Gasteiger partial charge on any atom is -0.383 e. The van der Waals surface area contributed by atoms with Crippen LogP contribution in [0.1, 0.15) is 28.3 Å². The van der Waals surface area contributed by atoms with Gasteiger partial charge in [0.1, 0.15) is 11.6 Å². The van der Waals surface area contributed by atoms with Crippen molar-refractivity contribution in [2.75, 3.05) is 10.5 Å². The molecule has 5 nitrogen and oxygen atoms in total. The predicted molar refractivity (Wildman–Crippen MR) is 130 cm³/mol. The largest absolute Gasteiger partial charge is 0.383 e. The molecule has 2 aromatic carbocycles. The second-order valence-corrected chi connectivity index (χ2v) is 8.00. The van der Waals surface area contributed by atoms with Gasteiger partial charge < -0.3 is 16.2 Å². The molecule has 0 aliphatic rings. The lowest BCUT2D eigenvalue weighted by molar-refractivity contribution is 0.626. The molecule has 0 aliphatic heterocycles. The van der Waals surface area contributed by atoms with E-state index in [9.17, 15) is 4.39 Å². The Morgan fingerprint density at radius 3 is 2.41 bits per heavy atom. The number of nitrogen functional groups attached to an aromatic ring is 1. The molecule has 0 fully saturated rings. The molecular formula is C25H22FN5S. The molecule has 7 heteroatoms. The number of anilines is 2. The molecule has 2 aromatic heterocycles. The molecule has 0 amide bonds. The lowest BCUT2D eigenvalue weighted by Crippen LogP contribution is -2.15. The number of nitrogens with zero attached hydrogens (tertiary/aromatic N) is 2. The van der Waals surface area contributed by atoms with Crippen molar-refractivity contribution in [3.8, 4) is 0 Å². The third-order valence-electron chi connectivity index (χ3n) is 4.83. The van der Waals surface area contributed by atoms with Gasteiger partial charge >= 0.3 is 0 Å². The first kappa shape index (κ1) is 21.5. The molecule has 5 N–H and O–H groups in total. The van der Waals surface area contributed by atoms with Crippen LogP contribution in [0.25, 0.3) is 12.2 Å². The van der Waals surface area contributed by atoms with Crippen molar-refractivity contribution in [1.29, 1.82) is 0 Å². The molecule has 0 radical (unpaired) electrons. The highest BCUT2D eigenvalue weighted by Gasteiger charge is 2.13. The zero-order valence-electron chi connectivity index (χ0n) is 17.2. The van der Waals surface area contributed by atoms with Crippen molar-refractivity contribution in [3.05, 3.63) is 113 Å². The van der Waals surface area contributed by atoms with E-state index in [1.54, 1.807) is 24.5 Å². The Balaban J connectivity index is 1.44. The maximum absolute atomic E-state index is 13.2. The minimum absolute atomic E-state index is 0.305. The predicted octanol–water partition coefficient (Wildman–Crippen LogP) is 5.54. The van der Waals surface area contributed by atoms with Crippen molar-refractivity contribution in [2.24, 2.45) is 5.73 Å². The summed E-state index contributed by atoms with van der Waals surface area (Å²) in [6, 6.07) is 19.5. The van der Waals surface area contributed by atoms with E-state index in [2.05, 4.69) is 14.7 Å². The molecule has 32 heavy (non-hydrogen) atoms. The summed E-state index contributed by atoms with van der Waals surface area (Å²) in [6.45, 7) is 0. The number of pyridine rings is 2. The van der Waals surface area contributed by atoms with Gasteiger partial charge in [-0.1, -0.05) is 36.4 Å². The van der Waals surface area contributed by atoms with E-state index >= 15 is 0 Å². The van der Waals surface area contributed by atoms with Crippen LogP contribution in [-0.2, 0) is 0 Å². The number of hydrogen-bond donors (Lipinski definition) is 3. The molecule has 0 spiro atoms.